The second-order valence-electron chi connectivity index (χ2n) is 9.60. The second-order valence-corrected chi connectivity index (χ2v) is 9.60. The molecule has 1 aromatic carbocycles. The Morgan fingerprint density at radius 1 is 1.20 bits per heavy atom. The molecule has 3 amide bonds. The zero-order valence-corrected chi connectivity index (χ0v) is 22.1. The van der Waals surface area contributed by atoms with Crippen LogP contribution in [0.5, 0.6) is 5.75 Å². The Labute approximate surface area is 228 Å². The minimum Gasteiger partial charge on any atom is -0.406 e. The van der Waals surface area contributed by atoms with Gasteiger partial charge in [0.25, 0.3) is 5.91 Å². The van der Waals surface area contributed by atoms with Crippen molar-refractivity contribution in [1.29, 1.82) is 5.41 Å². The predicted octanol–water partition coefficient (Wildman–Crippen LogP) is 1.62. The number of ketones is 1. The number of Topliss-reactive ketones (excluding diaryl/α,β-unsaturated/α-hetero) is 1. The van der Waals surface area contributed by atoms with Crippen LogP contribution in [0, 0.1) is 11.3 Å². The topological polar surface area (TPSA) is 167 Å². The fourth-order valence-electron chi connectivity index (χ4n) is 4.26. The van der Waals surface area contributed by atoms with Crippen LogP contribution in [-0.2, 0) is 14.4 Å². The van der Waals surface area contributed by atoms with E-state index in [1.54, 1.807) is 13.8 Å². The molecule has 15 heteroatoms. The Hall–Kier alpha value is -3.91. The second kappa shape index (κ2) is 14.5. The molecular weight excluding hydrogens is 540 g/mol. The third kappa shape index (κ3) is 9.68. The smallest absolute Gasteiger partial charge is 0.406 e. The Morgan fingerprint density at radius 3 is 2.50 bits per heavy atom. The molecule has 11 nitrogen and oxygen atoms in total. The molecule has 1 heterocycles. The summed E-state index contributed by atoms with van der Waals surface area (Å²) in [6.07, 6.45) is -3.83. The van der Waals surface area contributed by atoms with Crippen molar-refractivity contribution in [2.75, 3.05) is 19.8 Å². The summed E-state index contributed by atoms with van der Waals surface area (Å²) < 4.78 is 54.7. The zero-order valence-electron chi connectivity index (χ0n) is 22.1. The first kappa shape index (κ1) is 32.3. The molecule has 2 rings (SSSR count). The van der Waals surface area contributed by atoms with Gasteiger partial charge in [-0.3, -0.25) is 24.6 Å². The summed E-state index contributed by atoms with van der Waals surface area (Å²) in [7, 11) is 0. The summed E-state index contributed by atoms with van der Waals surface area (Å²) in [6, 6.07) is 1.16. The van der Waals surface area contributed by atoms with Gasteiger partial charge in [-0.25, -0.2) is 4.39 Å². The molecule has 1 fully saturated rings. The minimum absolute atomic E-state index is 0.0806. The lowest BCUT2D eigenvalue weighted by Gasteiger charge is -2.31. The third-order valence-corrected chi connectivity index (χ3v) is 6.21. The molecule has 2 unspecified atom stereocenters. The molecule has 1 aliphatic rings. The molecule has 1 saturated heterocycles. The Balaban J connectivity index is 2.12. The molecule has 0 saturated carbocycles. The first-order valence-corrected chi connectivity index (χ1v) is 12.7. The number of nitrogens with one attached hydrogen (secondary N) is 4. The number of ether oxygens (including phenoxy) is 1. The molecule has 0 spiro atoms. The van der Waals surface area contributed by atoms with Crippen LogP contribution in [0.25, 0.3) is 0 Å². The van der Waals surface area contributed by atoms with Gasteiger partial charge in [-0.05, 0) is 49.8 Å². The van der Waals surface area contributed by atoms with Gasteiger partial charge < -0.3 is 31.3 Å². The summed E-state index contributed by atoms with van der Waals surface area (Å²) in [5.41, 5.74) is 5.04. The van der Waals surface area contributed by atoms with Crippen molar-refractivity contribution in [3.63, 3.8) is 0 Å². The van der Waals surface area contributed by atoms with Gasteiger partial charge in [-0.2, -0.15) is 0 Å². The number of benzene rings is 1. The monoisotopic (exact) mass is 574 g/mol. The third-order valence-electron chi connectivity index (χ3n) is 6.21. The number of hydrogen-bond acceptors (Lipinski definition) is 6. The highest BCUT2D eigenvalue weighted by Crippen LogP contribution is 2.24. The van der Waals surface area contributed by atoms with Gasteiger partial charge in [0.2, 0.25) is 11.8 Å². The fraction of sp³-hybridized carbons (Fsp3) is 0.560. The number of likely N-dealkylation sites (tertiary alicyclic amines) is 1. The summed E-state index contributed by atoms with van der Waals surface area (Å²) in [6.45, 7) is 2.44. The van der Waals surface area contributed by atoms with Gasteiger partial charge in [0.05, 0.1) is 6.04 Å². The molecule has 3 atom stereocenters. The van der Waals surface area contributed by atoms with Crippen molar-refractivity contribution in [2.24, 2.45) is 11.7 Å². The first-order valence-electron chi connectivity index (χ1n) is 12.7. The molecule has 0 radical (unpaired) electrons. The van der Waals surface area contributed by atoms with E-state index in [0.717, 1.165) is 12.1 Å². The highest BCUT2D eigenvalue weighted by Gasteiger charge is 2.40. The Kier molecular flexibility index (Phi) is 11.7. The van der Waals surface area contributed by atoms with Crippen molar-refractivity contribution < 1.29 is 41.5 Å². The number of nitrogens with two attached hydrogens (primary N) is 1. The molecule has 222 valence electrons. The van der Waals surface area contributed by atoms with Gasteiger partial charge in [0.1, 0.15) is 24.5 Å². The lowest BCUT2D eigenvalue weighted by molar-refractivity contribution is -0.274. The van der Waals surface area contributed by atoms with Crippen molar-refractivity contribution in [2.45, 2.75) is 64.0 Å². The SMILES string of the molecule is CC(C)C(NC(=O)c1cccc(OC(F)(F)F)c1)C(=O)N1CCC[C@H]1C(=O)NC(CCCNC(=N)N)C(=O)CF. The van der Waals surface area contributed by atoms with Crippen LogP contribution in [0.15, 0.2) is 24.3 Å². The summed E-state index contributed by atoms with van der Waals surface area (Å²) in [4.78, 5) is 52.7. The summed E-state index contributed by atoms with van der Waals surface area (Å²) >= 11 is 0. The number of carbonyl (C=O) groups is 4. The van der Waals surface area contributed by atoms with E-state index in [-0.39, 0.29) is 37.5 Å². The maximum Gasteiger partial charge on any atom is 0.573 e. The van der Waals surface area contributed by atoms with E-state index in [0.29, 0.717) is 12.8 Å². The van der Waals surface area contributed by atoms with Crippen LogP contribution in [0.1, 0.15) is 49.9 Å². The summed E-state index contributed by atoms with van der Waals surface area (Å²) in [5, 5.41) is 14.7. The van der Waals surface area contributed by atoms with E-state index < -0.39 is 66.3 Å². The van der Waals surface area contributed by atoms with Gasteiger partial charge in [0, 0.05) is 18.7 Å². The number of alkyl halides is 4. The molecule has 6 N–H and O–H groups in total. The molecule has 0 aromatic heterocycles. The molecule has 1 aliphatic heterocycles. The Bertz CT molecular complexity index is 1080. The number of guanidine groups is 1. The minimum atomic E-state index is -4.95. The lowest BCUT2D eigenvalue weighted by atomic mass is 10.0. The molecule has 0 aliphatic carbocycles. The maximum absolute atomic E-state index is 13.5. The highest BCUT2D eigenvalue weighted by atomic mass is 19.4. The zero-order chi connectivity index (χ0) is 30.0. The highest BCUT2D eigenvalue weighted by molar-refractivity contribution is 5.99. The number of halogens is 4. The van der Waals surface area contributed by atoms with Crippen molar-refractivity contribution >= 4 is 29.5 Å². The number of carbonyl (C=O) groups excluding carboxylic acids is 4. The van der Waals surface area contributed by atoms with Crippen LogP contribution in [-0.4, -0.2) is 78.6 Å². The largest absolute Gasteiger partial charge is 0.573 e. The predicted molar refractivity (Wildman–Crippen MR) is 136 cm³/mol. The van der Waals surface area contributed by atoms with Crippen molar-refractivity contribution in [1.82, 2.24) is 20.9 Å². The standard InChI is InChI=1S/C25H34F4N6O5/c1-14(2)20(34-21(37)15-6-3-7-16(12-15)40-25(27,28)29)23(39)35-11-5-9-18(35)22(38)33-17(19(36)13-26)8-4-10-32-24(30)31/h3,6-7,12,14,17-18,20H,4-5,8-11,13H2,1-2H3,(H,33,38)(H,34,37)(H4,30,31,32)/t17?,18-,20?/m0/s1. The van der Waals surface area contributed by atoms with E-state index in [9.17, 15) is 36.7 Å². The number of hydrogen-bond donors (Lipinski definition) is 5. The molecule has 0 bridgehead atoms. The Morgan fingerprint density at radius 2 is 1.90 bits per heavy atom. The maximum atomic E-state index is 13.5. The van der Waals surface area contributed by atoms with E-state index in [1.165, 1.54) is 17.0 Å². The van der Waals surface area contributed by atoms with Crippen LogP contribution >= 0.6 is 0 Å². The van der Waals surface area contributed by atoms with E-state index >= 15 is 0 Å². The summed E-state index contributed by atoms with van der Waals surface area (Å²) in [5.74, 6) is -4.20. The number of rotatable bonds is 13. The van der Waals surface area contributed by atoms with Crippen molar-refractivity contribution in [3.05, 3.63) is 29.8 Å². The normalized spacial score (nSPS) is 16.7. The van der Waals surface area contributed by atoms with Crippen LogP contribution < -0.4 is 26.4 Å². The fourth-order valence-corrected chi connectivity index (χ4v) is 4.26. The quantitative estimate of drug-likeness (QED) is 0.103. The van der Waals surface area contributed by atoms with E-state index in [4.69, 9.17) is 11.1 Å². The van der Waals surface area contributed by atoms with Crippen LogP contribution in [0.4, 0.5) is 17.6 Å². The van der Waals surface area contributed by atoms with Gasteiger partial charge >= 0.3 is 6.36 Å². The number of amides is 3. The van der Waals surface area contributed by atoms with Crippen LogP contribution in [0.2, 0.25) is 0 Å². The van der Waals surface area contributed by atoms with Crippen molar-refractivity contribution in [3.8, 4) is 5.75 Å². The van der Waals surface area contributed by atoms with Gasteiger partial charge in [-0.15, -0.1) is 13.2 Å². The average molecular weight is 575 g/mol. The first-order chi connectivity index (χ1) is 18.7. The van der Waals surface area contributed by atoms with E-state index in [2.05, 4.69) is 20.7 Å². The van der Waals surface area contributed by atoms with Gasteiger partial charge in [0.15, 0.2) is 11.7 Å². The average Bonchev–Trinajstić information content (AvgIpc) is 3.37. The van der Waals surface area contributed by atoms with Gasteiger partial charge in [-0.1, -0.05) is 19.9 Å². The lowest BCUT2D eigenvalue weighted by Crippen LogP contribution is -2.56. The van der Waals surface area contributed by atoms with E-state index in [1.807, 2.05) is 0 Å². The number of nitrogens with zero attached hydrogens (tertiary/aromatic N) is 1. The molecule has 40 heavy (non-hydrogen) atoms. The molecule has 1 aromatic rings. The molecular formula is C25H34F4N6O5. The van der Waals surface area contributed by atoms with Crippen LogP contribution in [0.3, 0.4) is 0 Å².